The third-order valence-corrected chi connectivity index (χ3v) is 2.81. The lowest BCUT2D eigenvalue weighted by molar-refractivity contribution is -0.242. The van der Waals surface area contributed by atoms with Crippen LogP contribution in [-0.2, 0) is 4.79 Å². The smallest absolute Gasteiger partial charge is 0.373 e. The monoisotopic (exact) mass is 311 g/mol. The second-order valence-corrected chi connectivity index (χ2v) is 4.36. The van der Waals surface area contributed by atoms with Gasteiger partial charge < -0.3 is 10.4 Å². The van der Waals surface area contributed by atoms with Gasteiger partial charge in [-0.2, -0.15) is 13.2 Å². The SMILES string of the molecule is CC(O)(C(=O)Nc1ccccc1Br)C(F)(F)F. The van der Waals surface area contributed by atoms with Crippen molar-refractivity contribution in [1.82, 2.24) is 0 Å². The number of halogens is 4. The van der Waals surface area contributed by atoms with E-state index in [4.69, 9.17) is 5.11 Å². The van der Waals surface area contributed by atoms with E-state index in [1.54, 1.807) is 18.2 Å². The predicted molar refractivity (Wildman–Crippen MR) is 59.5 cm³/mol. The highest BCUT2D eigenvalue weighted by Gasteiger charge is 2.55. The van der Waals surface area contributed by atoms with E-state index in [-0.39, 0.29) is 5.69 Å². The summed E-state index contributed by atoms with van der Waals surface area (Å²) in [5, 5.41) is 11.1. The lowest BCUT2D eigenvalue weighted by Gasteiger charge is -2.25. The van der Waals surface area contributed by atoms with Crippen LogP contribution in [0.3, 0.4) is 0 Å². The van der Waals surface area contributed by atoms with Crippen molar-refractivity contribution in [1.29, 1.82) is 0 Å². The Balaban J connectivity index is 2.91. The number of alkyl halides is 3. The fourth-order valence-electron chi connectivity index (χ4n) is 0.935. The second kappa shape index (κ2) is 4.66. The molecule has 0 aliphatic rings. The normalized spacial score (nSPS) is 15.2. The number of carbonyl (C=O) groups excluding carboxylic acids is 1. The molecule has 1 atom stereocenters. The zero-order valence-electron chi connectivity index (χ0n) is 8.68. The molecule has 0 aliphatic carbocycles. The van der Waals surface area contributed by atoms with E-state index in [1.807, 2.05) is 5.32 Å². The second-order valence-electron chi connectivity index (χ2n) is 3.50. The number of hydrogen-bond donors (Lipinski definition) is 2. The molecule has 0 saturated carbocycles. The zero-order chi connectivity index (χ0) is 13.3. The molecule has 0 fully saturated rings. The molecule has 0 spiro atoms. The van der Waals surface area contributed by atoms with Crippen LogP contribution >= 0.6 is 15.9 Å². The third kappa shape index (κ3) is 2.98. The number of para-hydroxylation sites is 1. The van der Waals surface area contributed by atoms with Crippen LogP contribution in [-0.4, -0.2) is 22.8 Å². The Morgan fingerprint density at radius 1 is 1.35 bits per heavy atom. The summed E-state index contributed by atoms with van der Waals surface area (Å²) in [4.78, 5) is 11.3. The van der Waals surface area contributed by atoms with Crippen molar-refractivity contribution >= 4 is 27.5 Å². The van der Waals surface area contributed by atoms with Crippen LogP contribution in [0, 0.1) is 0 Å². The standard InChI is InChI=1S/C10H9BrF3NO2/c1-9(17,10(12,13)14)8(16)15-7-5-3-2-4-6(7)11/h2-5,17H,1H3,(H,15,16). The topological polar surface area (TPSA) is 49.3 Å². The minimum Gasteiger partial charge on any atom is -0.373 e. The molecule has 0 saturated heterocycles. The van der Waals surface area contributed by atoms with Crippen LogP contribution in [0.1, 0.15) is 6.92 Å². The lowest BCUT2D eigenvalue weighted by Crippen LogP contribution is -2.52. The van der Waals surface area contributed by atoms with Crippen molar-refractivity contribution in [2.75, 3.05) is 5.32 Å². The Labute approximate surface area is 104 Å². The molecule has 94 valence electrons. The Hall–Kier alpha value is -1.08. The predicted octanol–water partition coefficient (Wildman–Crippen LogP) is 2.70. The summed E-state index contributed by atoms with van der Waals surface area (Å²) in [5.74, 6) is -1.53. The molecule has 3 nitrogen and oxygen atoms in total. The van der Waals surface area contributed by atoms with E-state index in [0.717, 1.165) is 0 Å². The number of aliphatic hydroxyl groups is 1. The summed E-state index contributed by atoms with van der Waals surface area (Å²) in [6.45, 7) is 0.402. The molecular weight excluding hydrogens is 303 g/mol. The number of amides is 1. The number of hydrogen-bond acceptors (Lipinski definition) is 2. The molecule has 17 heavy (non-hydrogen) atoms. The van der Waals surface area contributed by atoms with Crippen molar-refractivity contribution in [3.05, 3.63) is 28.7 Å². The number of anilines is 1. The molecule has 1 aromatic rings. The zero-order valence-corrected chi connectivity index (χ0v) is 10.3. The molecule has 0 heterocycles. The van der Waals surface area contributed by atoms with Gasteiger partial charge in [-0.25, -0.2) is 0 Å². The maximum atomic E-state index is 12.4. The highest BCUT2D eigenvalue weighted by atomic mass is 79.9. The number of rotatable bonds is 2. The van der Waals surface area contributed by atoms with E-state index in [9.17, 15) is 18.0 Å². The van der Waals surface area contributed by atoms with Crippen LogP contribution in [0.5, 0.6) is 0 Å². The Morgan fingerprint density at radius 2 is 1.88 bits per heavy atom. The molecule has 0 radical (unpaired) electrons. The van der Waals surface area contributed by atoms with Gasteiger partial charge in [-0.1, -0.05) is 12.1 Å². The van der Waals surface area contributed by atoms with Gasteiger partial charge in [0.25, 0.3) is 5.91 Å². The fourth-order valence-corrected chi connectivity index (χ4v) is 1.32. The van der Waals surface area contributed by atoms with Crippen LogP contribution in [0.2, 0.25) is 0 Å². The molecule has 1 amide bonds. The summed E-state index contributed by atoms with van der Waals surface area (Å²) in [5.41, 5.74) is -3.27. The number of nitrogens with one attached hydrogen (secondary N) is 1. The molecule has 0 aliphatic heterocycles. The first-order valence-electron chi connectivity index (χ1n) is 4.51. The summed E-state index contributed by atoms with van der Waals surface area (Å²) in [7, 11) is 0. The number of carbonyl (C=O) groups is 1. The maximum Gasteiger partial charge on any atom is 0.426 e. The molecule has 0 aromatic heterocycles. The van der Waals surface area contributed by atoms with Crippen LogP contribution in [0.15, 0.2) is 28.7 Å². The fraction of sp³-hybridized carbons (Fsp3) is 0.300. The summed E-state index contributed by atoms with van der Waals surface area (Å²) in [6, 6.07) is 6.15. The maximum absolute atomic E-state index is 12.4. The van der Waals surface area contributed by atoms with Crippen molar-refractivity contribution in [2.45, 2.75) is 18.7 Å². The largest absolute Gasteiger partial charge is 0.426 e. The van der Waals surface area contributed by atoms with Crippen LogP contribution < -0.4 is 5.32 Å². The van der Waals surface area contributed by atoms with Gasteiger partial charge in [0.05, 0.1) is 5.69 Å². The molecule has 1 unspecified atom stereocenters. The summed E-state index contributed by atoms with van der Waals surface area (Å²) < 4.78 is 37.5. The van der Waals surface area contributed by atoms with Gasteiger partial charge in [0.15, 0.2) is 0 Å². The van der Waals surface area contributed by atoms with Gasteiger partial charge in [-0.05, 0) is 35.0 Å². The van der Waals surface area contributed by atoms with Gasteiger partial charge in [-0.15, -0.1) is 0 Å². The molecular formula is C10H9BrF3NO2. The summed E-state index contributed by atoms with van der Waals surface area (Å²) >= 11 is 3.06. The van der Waals surface area contributed by atoms with Gasteiger partial charge >= 0.3 is 6.18 Å². The molecule has 2 N–H and O–H groups in total. The van der Waals surface area contributed by atoms with Gasteiger partial charge in [0.1, 0.15) is 0 Å². The quantitative estimate of drug-likeness (QED) is 0.882. The average Bonchev–Trinajstić information content (AvgIpc) is 2.19. The highest BCUT2D eigenvalue weighted by Crippen LogP contribution is 2.32. The van der Waals surface area contributed by atoms with Crippen LogP contribution in [0.4, 0.5) is 18.9 Å². The molecule has 1 rings (SSSR count). The van der Waals surface area contributed by atoms with Gasteiger partial charge in [0.2, 0.25) is 5.60 Å². The van der Waals surface area contributed by atoms with Crippen molar-refractivity contribution in [2.24, 2.45) is 0 Å². The van der Waals surface area contributed by atoms with Crippen molar-refractivity contribution in [3.8, 4) is 0 Å². The van der Waals surface area contributed by atoms with Gasteiger partial charge in [0, 0.05) is 4.47 Å². The van der Waals surface area contributed by atoms with Crippen LogP contribution in [0.25, 0.3) is 0 Å². The first kappa shape index (κ1) is 14.0. The van der Waals surface area contributed by atoms with E-state index in [0.29, 0.717) is 11.4 Å². The minimum absolute atomic E-state index is 0.155. The van der Waals surface area contributed by atoms with E-state index in [1.165, 1.54) is 6.07 Å². The van der Waals surface area contributed by atoms with E-state index >= 15 is 0 Å². The van der Waals surface area contributed by atoms with Crippen molar-refractivity contribution < 1.29 is 23.1 Å². The van der Waals surface area contributed by atoms with Gasteiger partial charge in [-0.3, -0.25) is 4.79 Å². The third-order valence-electron chi connectivity index (χ3n) is 2.12. The minimum atomic E-state index is -5.03. The molecule has 7 heteroatoms. The lowest BCUT2D eigenvalue weighted by atomic mass is 10.1. The highest BCUT2D eigenvalue weighted by molar-refractivity contribution is 9.10. The molecule has 1 aromatic carbocycles. The first-order chi connectivity index (χ1) is 7.66. The Kier molecular flexibility index (Phi) is 3.83. The van der Waals surface area contributed by atoms with E-state index in [2.05, 4.69) is 15.9 Å². The van der Waals surface area contributed by atoms with Crippen molar-refractivity contribution in [3.63, 3.8) is 0 Å². The first-order valence-corrected chi connectivity index (χ1v) is 5.30. The summed E-state index contributed by atoms with van der Waals surface area (Å²) in [6.07, 6.45) is -5.03. The Morgan fingerprint density at radius 3 is 2.35 bits per heavy atom. The van der Waals surface area contributed by atoms with E-state index < -0.39 is 17.7 Å². The Bertz CT molecular complexity index is 432. The molecule has 0 bridgehead atoms. The average molecular weight is 312 g/mol. The number of benzene rings is 1.